The van der Waals surface area contributed by atoms with Crippen LogP contribution in [0.25, 0.3) is 0 Å². The van der Waals surface area contributed by atoms with Crippen molar-refractivity contribution < 1.29 is 75.8 Å². The Hall–Kier alpha value is -4.83. The molecule has 16 nitrogen and oxygen atoms in total. The summed E-state index contributed by atoms with van der Waals surface area (Å²) in [6.45, 7) is 2.43. The van der Waals surface area contributed by atoms with E-state index in [1.807, 2.05) is 0 Å². The van der Waals surface area contributed by atoms with Gasteiger partial charge in [0.25, 0.3) is 0 Å². The predicted molar refractivity (Wildman–Crippen MR) is 463 cm³/mol. The first-order chi connectivity index (χ1) is 54.2. The monoisotopic (exact) mass is 1590 g/mol. The van der Waals surface area contributed by atoms with Crippen molar-refractivity contribution in [1.82, 2.24) is 0 Å². The summed E-state index contributed by atoms with van der Waals surface area (Å²) in [4.78, 5) is 58.9. The molecule has 0 aromatic heterocycles. The highest BCUT2D eigenvalue weighted by Crippen LogP contribution is 2.45. The summed E-state index contributed by atoms with van der Waals surface area (Å²) in [6.07, 6.45) is 107. The minimum atomic E-state index is -4.95. The van der Waals surface area contributed by atoms with E-state index in [2.05, 4.69) is 179 Å². The molecule has 18 heteroatoms. The van der Waals surface area contributed by atoms with Crippen molar-refractivity contribution in [2.45, 2.75) is 373 Å². The van der Waals surface area contributed by atoms with Gasteiger partial charge in [-0.3, -0.25) is 32.5 Å². The zero-order valence-corrected chi connectivity index (χ0v) is 71.6. The molecule has 0 bridgehead atoms. The average Bonchev–Trinajstić information content (AvgIpc) is 0.902. The number of ether oxygens (including phenoxy) is 3. The molecule has 5 atom stereocenters. The molecule has 0 aliphatic carbocycles. The van der Waals surface area contributed by atoms with Crippen molar-refractivity contribution >= 4 is 33.6 Å². The number of carbonyl (C=O) groups excluding carboxylic acids is 3. The quantitative estimate of drug-likeness (QED) is 0.0146. The van der Waals surface area contributed by atoms with Crippen LogP contribution >= 0.6 is 15.6 Å². The summed E-state index contributed by atoms with van der Waals surface area (Å²) in [5.74, 6) is -1.60. The third-order valence-electron chi connectivity index (χ3n) is 18.2. The molecule has 0 rings (SSSR count). The van der Waals surface area contributed by atoms with Crippen LogP contribution in [0.4, 0.5) is 0 Å². The largest absolute Gasteiger partial charge is 0.472 e. The summed E-state index contributed by atoms with van der Waals surface area (Å²) in [6, 6.07) is 0. The summed E-state index contributed by atoms with van der Waals surface area (Å²) in [7, 11) is -9.81. The Balaban J connectivity index is 4.54. The first-order valence-electron chi connectivity index (χ1n) is 43.8. The Labute approximate surface area is 676 Å². The van der Waals surface area contributed by atoms with Crippen LogP contribution in [0.3, 0.4) is 0 Å². The van der Waals surface area contributed by atoms with Gasteiger partial charge in [0.1, 0.15) is 25.4 Å². The van der Waals surface area contributed by atoms with Gasteiger partial charge >= 0.3 is 33.6 Å². The fourth-order valence-electron chi connectivity index (χ4n) is 11.6. The van der Waals surface area contributed by atoms with Crippen LogP contribution in [0, 0.1) is 0 Å². The molecule has 0 amide bonds. The van der Waals surface area contributed by atoms with Crippen molar-refractivity contribution in [3.8, 4) is 0 Å². The van der Waals surface area contributed by atoms with Gasteiger partial charge in [0.2, 0.25) is 0 Å². The van der Waals surface area contributed by atoms with Gasteiger partial charge < -0.3 is 34.2 Å². The van der Waals surface area contributed by atoms with E-state index in [0.29, 0.717) is 19.3 Å². The second-order valence-corrected chi connectivity index (χ2v) is 31.8. The molecule has 0 aliphatic rings. The Morgan fingerprint density at radius 3 is 0.757 bits per heavy atom. The van der Waals surface area contributed by atoms with Gasteiger partial charge in [0.05, 0.1) is 26.4 Å². The third-order valence-corrected chi connectivity index (χ3v) is 20.1. The van der Waals surface area contributed by atoms with Crippen molar-refractivity contribution in [3.05, 3.63) is 158 Å². The maximum atomic E-state index is 13.0. The highest BCUT2D eigenvalue weighted by Gasteiger charge is 2.29. The van der Waals surface area contributed by atoms with Gasteiger partial charge in [0, 0.05) is 19.3 Å². The lowest BCUT2D eigenvalue weighted by atomic mass is 10.0. The average molecular weight is 1590 g/mol. The molecule has 0 fully saturated rings. The van der Waals surface area contributed by atoms with Gasteiger partial charge in [0.15, 0.2) is 6.10 Å². The molecule has 0 aliphatic heterocycles. The van der Waals surface area contributed by atoms with Crippen LogP contribution in [0.1, 0.15) is 355 Å². The molecule has 0 radical (unpaired) electrons. The SMILES string of the molecule is CC/C=C\C/C=C\C/C=C\C/C=C\C/C=C\CCCCCCCCCC(=O)OCC(COP(=O)(O)OCC(O)COP(=O)(O)OCC(O)COC(=O)CCCCCCCCCCCCCCCCCCC/C=C\C/C=C\C/C=C\C/C=C\CCCCC)OC(=O)CCCCCCCC/C=C\C/C=C\C/C=C\C/C=C\CC. The van der Waals surface area contributed by atoms with E-state index in [-0.39, 0.29) is 19.3 Å². The lowest BCUT2D eigenvalue weighted by Gasteiger charge is -2.21. The van der Waals surface area contributed by atoms with Crippen LogP contribution in [0.2, 0.25) is 0 Å². The van der Waals surface area contributed by atoms with E-state index in [1.54, 1.807) is 0 Å². The van der Waals surface area contributed by atoms with E-state index in [1.165, 1.54) is 116 Å². The van der Waals surface area contributed by atoms with E-state index in [9.17, 15) is 43.5 Å². The molecule has 5 unspecified atom stereocenters. The topological polar surface area (TPSA) is 231 Å². The number of unbranched alkanes of at least 4 members (excludes halogenated alkanes) is 33. The number of hydrogen-bond donors (Lipinski definition) is 4. The maximum absolute atomic E-state index is 13.0. The highest BCUT2D eigenvalue weighted by molar-refractivity contribution is 7.47. The van der Waals surface area contributed by atoms with Gasteiger partial charge in [-0.2, -0.15) is 0 Å². The molecule has 0 saturated heterocycles. The smallest absolute Gasteiger partial charge is 0.463 e. The molecule has 0 spiro atoms. The fourth-order valence-corrected chi connectivity index (χ4v) is 13.2. The van der Waals surface area contributed by atoms with Crippen LogP contribution in [0.5, 0.6) is 0 Å². The standard InChI is InChI=1S/C93H158O16P2/c1-4-7-10-13-16-19-22-25-28-31-34-36-38-39-40-41-42-43-44-45-46-47-49-51-53-55-58-61-64-67-70-73-76-79-91(96)103-82-88(94)83-105-110(99,100)106-84-89(95)85-107-111(101,102)108-87-90(109-93(98)81-78-75-72-69-66-63-60-57-52-33-30-27-24-21-18-15-12-9-6-3)86-104-92(97)80-77-74-71-68-65-62-59-56-54-50-48-37-35-32-29-26-23-20-17-14-11-8-5-2/h8-9,11-12,16-21,25-30,34-37,39-40,50,52,54,57,88-90,94-95H,4-7,10,13-15,22-24,31-33,38,41-49,51,53,55-56,58-87H2,1-3H3,(H,99,100)(H,101,102)/b11-8-,12-9-,19-16-,20-17-,21-18-,28-25-,29-26-,30-27-,36-34-,37-35-,40-39-,54-50-,57-52-. The van der Waals surface area contributed by atoms with Gasteiger partial charge in [-0.25, -0.2) is 9.13 Å². The molecular weight excluding hydrogens is 1430 g/mol. The Bertz CT molecular complexity index is 2650. The lowest BCUT2D eigenvalue weighted by Crippen LogP contribution is -2.30. The molecule has 4 N–H and O–H groups in total. The highest BCUT2D eigenvalue weighted by atomic mass is 31.2. The van der Waals surface area contributed by atoms with E-state index in [0.717, 1.165) is 180 Å². The van der Waals surface area contributed by atoms with Gasteiger partial charge in [-0.05, 0) is 148 Å². The Morgan fingerprint density at radius 2 is 0.477 bits per heavy atom. The number of esters is 3. The number of aliphatic hydroxyl groups excluding tert-OH is 2. The number of phosphoric ester groups is 2. The normalized spacial score (nSPS) is 14.6. The molecule has 0 aromatic rings. The van der Waals surface area contributed by atoms with Crippen LogP contribution in [0.15, 0.2) is 158 Å². The zero-order chi connectivity index (χ0) is 80.8. The minimum absolute atomic E-state index is 0.0812. The van der Waals surface area contributed by atoms with Crippen molar-refractivity contribution in [3.63, 3.8) is 0 Å². The van der Waals surface area contributed by atoms with Crippen LogP contribution in [-0.4, -0.2) is 95.9 Å². The van der Waals surface area contributed by atoms with E-state index in [4.69, 9.17) is 32.3 Å². The van der Waals surface area contributed by atoms with Crippen molar-refractivity contribution in [2.75, 3.05) is 39.6 Å². The van der Waals surface area contributed by atoms with E-state index < -0.39 is 91.5 Å². The molecule has 636 valence electrons. The molecule has 0 aromatic carbocycles. The summed E-state index contributed by atoms with van der Waals surface area (Å²) < 4.78 is 61.3. The number of carbonyl (C=O) groups is 3. The van der Waals surface area contributed by atoms with Crippen LogP contribution < -0.4 is 0 Å². The fraction of sp³-hybridized carbons (Fsp3) is 0.688. The summed E-state index contributed by atoms with van der Waals surface area (Å²) in [5, 5.41) is 20.7. The number of aliphatic hydroxyl groups is 2. The van der Waals surface area contributed by atoms with Gasteiger partial charge in [-0.1, -0.05) is 346 Å². The number of hydrogen-bond acceptors (Lipinski definition) is 14. The summed E-state index contributed by atoms with van der Waals surface area (Å²) >= 11 is 0. The van der Waals surface area contributed by atoms with Gasteiger partial charge in [-0.15, -0.1) is 0 Å². The second-order valence-electron chi connectivity index (χ2n) is 28.9. The zero-order valence-electron chi connectivity index (χ0n) is 69.8. The Morgan fingerprint density at radius 1 is 0.261 bits per heavy atom. The van der Waals surface area contributed by atoms with Crippen LogP contribution in [-0.2, 0) is 55.8 Å². The maximum Gasteiger partial charge on any atom is 0.472 e. The molecule has 0 saturated carbocycles. The second kappa shape index (κ2) is 84.6. The number of allylic oxidation sites excluding steroid dienone is 26. The minimum Gasteiger partial charge on any atom is -0.463 e. The lowest BCUT2D eigenvalue weighted by molar-refractivity contribution is -0.161. The van der Waals surface area contributed by atoms with Crippen molar-refractivity contribution in [1.29, 1.82) is 0 Å². The van der Waals surface area contributed by atoms with E-state index >= 15 is 0 Å². The molecule has 111 heavy (non-hydrogen) atoms. The third kappa shape index (κ3) is 85.9. The molecule has 0 heterocycles. The number of phosphoric acid groups is 2. The predicted octanol–water partition coefficient (Wildman–Crippen LogP) is 26.5. The first-order valence-corrected chi connectivity index (χ1v) is 46.8. The van der Waals surface area contributed by atoms with Crippen molar-refractivity contribution in [2.24, 2.45) is 0 Å². The first kappa shape index (κ1) is 106. The molecular formula is C93H158O16P2. The number of rotatable bonds is 82. The summed E-state index contributed by atoms with van der Waals surface area (Å²) in [5.41, 5.74) is 0. The Kier molecular flexibility index (Phi) is 80.9.